The smallest absolute Gasteiger partial charge is 0.0775 e. The summed E-state index contributed by atoms with van der Waals surface area (Å²) in [5.41, 5.74) is 1.36. The Morgan fingerprint density at radius 1 is 1.17 bits per heavy atom. The number of rotatable bonds is 5. The Kier molecular flexibility index (Phi) is 4.25. The molecule has 1 saturated carbocycles. The summed E-state index contributed by atoms with van der Waals surface area (Å²) >= 11 is 0. The van der Waals surface area contributed by atoms with E-state index in [0.29, 0.717) is 5.92 Å². The third-order valence-corrected chi connectivity index (χ3v) is 5.86. The quantitative estimate of drug-likeness (QED) is 0.797. The maximum Gasteiger partial charge on any atom is 0.0775 e. The Morgan fingerprint density at radius 3 is 2.28 bits per heavy atom. The minimum absolute atomic E-state index is 0.0344. The second-order valence-corrected chi connectivity index (χ2v) is 11.6. The van der Waals surface area contributed by atoms with Crippen LogP contribution in [0.5, 0.6) is 0 Å². The maximum atomic E-state index is 9.22. The monoisotopic (exact) mass is 263 g/mol. The van der Waals surface area contributed by atoms with Crippen molar-refractivity contribution in [2.45, 2.75) is 45.1 Å². The van der Waals surface area contributed by atoms with Gasteiger partial charge < -0.3 is 10.4 Å². The standard InChI is InChI=1S/C15H25NOSi/c1-18(2,3)15-6-4-12(5-7-15)10-16-11-13-8-14(17)9-13/h4-7,13-14,16-17H,8-11H2,1-3H3. The normalized spacial score (nSPS) is 23.8. The molecule has 1 aromatic rings. The molecule has 1 aliphatic rings. The van der Waals surface area contributed by atoms with Gasteiger partial charge in [-0.1, -0.05) is 49.1 Å². The van der Waals surface area contributed by atoms with Crippen molar-refractivity contribution in [1.29, 1.82) is 0 Å². The van der Waals surface area contributed by atoms with Crippen LogP contribution >= 0.6 is 0 Å². The molecule has 0 heterocycles. The van der Waals surface area contributed by atoms with Crippen LogP contribution in [0.1, 0.15) is 18.4 Å². The van der Waals surface area contributed by atoms with Crippen molar-refractivity contribution in [3.8, 4) is 0 Å². The van der Waals surface area contributed by atoms with Crippen LogP contribution in [-0.2, 0) is 6.54 Å². The molecule has 0 atom stereocenters. The molecule has 2 rings (SSSR count). The van der Waals surface area contributed by atoms with Gasteiger partial charge in [0.1, 0.15) is 0 Å². The summed E-state index contributed by atoms with van der Waals surface area (Å²) in [4.78, 5) is 0. The molecule has 2 N–H and O–H groups in total. The summed E-state index contributed by atoms with van der Waals surface area (Å²) < 4.78 is 0. The highest BCUT2D eigenvalue weighted by molar-refractivity contribution is 6.88. The highest BCUT2D eigenvalue weighted by Crippen LogP contribution is 2.26. The Hall–Kier alpha value is -0.643. The van der Waals surface area contributed by atoms with Crippen LogP contribution in [0.3, 0.4) is 0 Å². The van der Waals surface area contributed by atoms with Crippen LogP contribution in [0, 0.1) is 5.92 Å². The number of hydrogen-bond donors (Lipinski definition) is 2. The molecule has 0 aromatic heterocycles. The Balaban J connectivity index is 1.76. The van der Waals surface area contributed by atoms with E-state index in [9.17, 15) is 5.11 Å². The molecule has 0 spiro atoms. The highest BCUT2D eigenvalue weighted by Gasteiger charge is 2.26. The van der Waals surface area contributed by atoms with E-state index < -0.39 is 8.07 Å². The van der Waals surface area contributed by atoms with Gasteiger partial charge in [0.15, 0.2) is 0 Å². The molecule has 0 unspecified atom stereocenters. The first-order chi connectivity index (χ1) is 8.45. The predicted molar refractivity (Wildman–Crippen MR) is 79.9 cm³/mol. The van der Waals surface area contributed by atoms with Gasteiger partial charge >= 0.3 is 0 Å². The fourth-order valence-electron chi connectivity index (χ4n) is 2.41. The molecule has 1 aliphatic carbocycles. The zero-order valence-electron chi connectivity index (χ0n) is 11.7. The largest absolute Gasteiger partial charge is 0.393 e. The number of hydrogen-bond acceptors (Lipinski definition) is 2. The van der Waals surface area contributed by atoms with Gasteiger partial charge in [-0.25, -0.2) is 0 Å². The SMILES string of the molecule is C[Si](C)(C)c1ccc(CNCC2CC(O)C2)cc1. The van der Waals surface area contributed by atoms with Crippen LogP contribution < -0.4 is 10.5 Å². The third-order valence-electron chi connectivity index (χ3n) is 3.79. The summed E-state index contributed by atoms with van der Waals surface area (Å²) in [6, 6.07) is 9.07. The lowest BCUT2D eigenvalue weighted by Crippen LogP contribution is -2.37. The van der Waals surface area contributed by atoms with Crippen molar-refractivity contribution in [1.82, 2.24) is 5.32 Å². The molecule has 0 saturated heterocycles. The molecule has 0 bridgehead atoms. The second-order valence-electron chi connectivity index (χ2n) is 6.57. The van der Waals surface area contributed by atoms with Gasteiger partial charge in [0.05, 0.1) is 14.2 Å². The van der Waals surface area contributed by atoms with Gasteiger partial charge in [0.2, 0.25) is 0 Å². The van der Waals surface area contributed by atoms with Crippen LogP contribution in [0.15, 0.2) is 24.3 Å². The molecule has 0 radical (unpaired) electrons. The van der Waals surface area contributed by atoms with Gasteiger partial charge in [-0.2, -0.15) is 0 Å². The molecular formula is C15H25NOSi. The van der Waals surface area contributed by atoms with Crippen molar-refractivity contribution in [3.05, 3.63) is 29.8 Å². The average molecular weight is 263 g/mol. The first-order valence-corrected chi connectivity index (χ1v) is 10.4. The van der Waals surface area contributed by atoms with Gasteiger partial charge in [-0.05, 0) is 30.9 Å². The first kappa shape index (κ1) is 13.8. The van der Waals surface area contributed by atoms with Crippen LogP contribution in [0.2, 0.25) is 19.6 Å². The fourth-order valence-corrected chi connectivity index (χ4v) is 3.58. The second kappa shape index (κ2) is 5.55. The van der Waals surface area contributed by atoms with Crippen molar-refractivity contribution >= 4 is 13.3 Å². The number of aliphatic hydroxyl groups excluding tert-OH is 1. The van der Waals surface area contributed by atoms with Crippen molar-refractivity contribution in [2.24, 2.45) is 5.92 Å². The maximum absolute atomic E-state index is 9.22. The zero-order valence-corrected chi connectivity index (χ0v) is 12.7. The lowest BCUT2D eigenvalue weighted by Gasteiger charge is -2.31. The summed E-state index contributed by atoms with van der Waals surface area (Å²) in [7, 11) is -1.16. The van der Waals surface area contributed by atoms with E-state index in [4.69, 9.17) is 0 Å². The summed E-state index contributed by atoms with van der Waals surface area (Å²) in [5.74, 6) is 0.682. The molecule has 2 nitrogen and oxygen atoms in total. The highest BCUT2D eigenvalue weighted by atomic mass is 28.3. The van der Waals surface area contributed by atoms with E-state index in [0.717, 1.165) is 25.9 Å². The topological polar surface area (TPSA) is 32.3 Å². The average Bonchev–Trinajstić information content (AvgIpc) is 2.26. The van der Waals surface area contributed by atoms with Crippen molar-refractivity contribution in [2.75, 3.05) is 6.54 Å². The third kappa shape index (κ3) is 3.67. The summed E-state index contributed by atoms with van der Waals surface area (Å²) in [5, 5.41) is 14.2. The lowest BCUT2D eigenvalue weighted by molar-refractivity contribution is 0.0430. The first-order valence-electron chi connectivity index (χ1n) is 6.93. The van der Waals surface area contributed by atoms with E-state index in [2.05, 4.69) is 49.2 Å². The molecule has 100 valence electrons. The number of benzene rings is 1. The van der Waals surface area contributed by atoms with E-state index in [-0.39, 0.29) is 6.10 Å². The molecule has 3 heteroatoms. The van der Waals surface area contributed by atoms with E-state index in [1.54, 1.807) is 0 Å². The van der Waals surface area contributed by atoms with Gasteiger partial charge in [-0.15, -0.1) is 0 Å². The minimum atomic E-state index is -1.16. The van der Waals surface area contributed by atoms with E-state index in [1.807, 2.05) is 0 Å². The number of aliphatic hydroxyl groups is 1. The van der Waals surface area contributed by atoms with Gasteiger partial charge in [0.25, 0.3) is 0 Å². The lowest BCUT2D eigenvalue weighted by atomic mass is 9.82. The zero-order chi connectivity index (χ0) is 13.2. The van der Waals surface area contributed by atoms with Crippen molar-refractivity contribution < 1.29 is 5.11 Å². The van der Waals surface area contributed by atoms with Crippen molar-refractivity contribution in [3.63, 3.8) is 0 Å². The van der Waals surface area contributed by atoms with Crippen LogP contribution in [-0.4, -0.2) is 25.8 Å². The van der Waals surface area contributed by atoms with Gasteiger partial charge in [-0.3, -0.25) is 0 Å². The number of nitrogens with one attached hydrogen (secondary N) is 1. The Labute approximate surface area is 111 Å². The molecule has 1 aromatic carbocycles. The van der Waals surface area contributed by atoms with E-state index >= 15 is 0 Å². The molecule has 1 fully saturated rings. The minimum Gasteiger partial charge on any atom is -0.393 e. The Bertz CT molecular complexity index is 376. The molecule has 0 amide bonds. The summed E-state index contributed by atoms with van der Waals surface area (Å²) in [6.07, 6.45) is 1.91. The Morgan fingerprint density at radius 2 is 1.78 bits per heavy atom. The van der Waals surface area contributed by atoms with Crippen LogP contribution in [0.4, 0.5) is 0 Å². The fraction of sp³-hybridized carbons (Fsp3) is 0.600. The molecule has 0 aliphatic heterocycles. The van der Waals surface area contributed by atoms with Gasteiger partial charge in [0, 0.05) is 6.54 Å². The predicted octanol–water partition coefficient (Wildman–Crippen LogP) is 2.09. The molecule has 18 heavy (non-hydrogen) atoms. The van der Waals surface area contributed by atoms with Crippen LogP contribution in [0.25, 0.3) is 0 Å². The van der Waals surface area contributed by atoms with E-state index in [1.165, 1.54) is 10.8 Å². The summed E-state index contributed by atoms with van der Waals surface area (Å²) in [6.45, 7) is 9.11. The molecular weight excluding hydrogens is 238 g/mol.